The van der Waals surface area contributed by atoms with Gasteiger partial charge < -0.3 is 15.7 Å². The van der Waals surface area contributed by atoms with Gasteiger partial charge in [0.15, 0.2) is 0 Å². The Labute approximate surface area is 109 Å². The summed E-state index contributed by atoms with van der Waals surface area (Å²) in [5.41, 5.74) is 5.58. The largest absolute Gasteiger partial charge is 0.396 e. The third-order valence-electron chi connectivity index (χ3n) is 3.69. The molecule has 0 aromatic carbocycles. The first kappa shape index (κ1) is 13.4. The Morgan fingerprint density at radius 2 is 2.17 bits per heavy atom. The average molecular weight is 252 g/mol. The molecule has 0 amide bonds. The van der Waals surface area contributed by atoms with Gasteiger partial charge in [-0.2, -0.15) is 5.10 Å². The highest BCUT2D eigenvalue weighted by molar-refractivity contribution is 5.23. The Morgan fingerprint density at radius 3 is 2.72 bits per heavy atom. The second kappa shape index (κ2) is 6.75. The number of nitrogens with two attached hydrogens (primary N) is 1. The zero-order valence-corrected chi connectivity index (χ0v) is 11.0. The third-order valence-corrected chi connectivity index (χ3v) is 3.69. The molecule has 1 saturated carbocycles. The van der Waals surface area contributed by atoms with Gasteiger partial charge in [-0.25, -0.2) is 0 Å². The number of aliphatic hydroxyl groups excluding tert-OH is 1. The highest BCUT2D eigenvalue weighted by Gasteiger charge is 2.23. The second-order valence-electron chi connectivity index (χ2n) is 5.06. The molecule has 5 nitrogen and oxygen atoms in total. The van der Waals surface area contributed by atoms with Crippen LogP contribution in [0.15, 0.2) is 12.3 Å². The molecular formula is C13H24N4O. The molecule has 3 N–H and O–H groups in total. The molecule has 0 spiro atoms. The molecule has 1 heterocycles. The monoisotopic (exact) mass is 252 g/mol. The maximum Gasteiger partial charge on any atom is 0.145 e. The van der Waals surface area contributed by atoms with Crippen LogP contribution in [0.2, 0.25) is 0 Å². The second-order valence-corrected chi connectivity index (χ2v) is 5.06. The van der Waals surface area contributed by atoms with Gasteiger partial charge in [-0.1, -0.05) is 6.42 Å². The smallest absolute Gasteiger partial charge is 0.145 e. The molecular weight excluding hydrogens is 228 g/mol. The van der Waals surface area contributed by atoms with Gasteiger partial charge >= 0.3 is 0 Å². The molecule has 0 bridgehead atoms. The maximum absolute atomic E-state index is 8.94. The molecule has 1 aliphatic carbocycles. The fourth-order valence-electron chi connectivity index (χ4n) is 2.44. The predicted octanol–water partition coefficient (Wildman–Crippen LogP) is 1.09. The van der Waals surface area contributed by atoms with Crippen LogP contribution in [0.1, 0.15) is 32.1 Å². The number of aryl methyl sites for hydroxylation is 1. The zero-order valence-electron chi connectivity index (χ0n) is 11.0. The van der Waals surface area contributed by atoms with Crippen molar-refractivity contribution < 1.29 is 5.11 Å². The van der Waals surface area contributed by atoms with Gasteiger partial charge in [0.2, 0.25) is 0 Å². The van der Waals surface area contributed by atoms with Crippen molar-refractivity contribution in [2.75, 3.05) is 25.4 Å². The maximum atomic E-state index is 8.94. The lowest BCUT2D eigenvalue weighted by Gasteiger charge is -2.37. The normalized spacial score (nSPS) is 16.1. The first-order chi connectivity index (χ1) is 8.79. The van der Waals surface area contributed by atoms with Crippen LogP contribution >= 0.6 is 0 Å². The average Bonchev–Trinajstić information content (AvgIpc) is 2.69. The molecule has 102 valence electrons. The summed E-state index contributed by atoms with van der Waals surface area (Å²) < 4.78 is 1.90. The molecule has 0 unspecified atom stereocenters. The van der Waals surface area contributed by atoms with E-state index in [0.717, 1.165) is 38.5 Å². The van der Waals surface area contributed by atoms with Crippen LogP contribution in [0.25, 0.3) is 0 Å². The first-order valence-corrected chi connectivity index (χ1v) is 6.93. The van der Waals surface area contributed by atoms with E-state index in [2.05, 4.69) is 10.00 Å². The summed E-state index contributed by atoms with van der Waals surface area (Å²) in [6.07, 6.45) is 7.89. The van der Waals surface area contributed by atoms with Crippen LogP contribution in [-0.2, 0) is 6.54 Å². The van der Waals surface area contributed by atoms with E-state index in [1.54, 1.807) is 0 Å². The van der Waals surface area contributed by atoms with Crippen LogP contribution < -0.4 is 5.73 Å². The van der Waals surface area contributed by atoms with Crippen molar-refractivity contribution in [3.05, 3.63) is 12.3 Å². The summed E-state index contributed by atoms with van der Waals surface area (Å²) >= 11 is 0. The number of nitrogens with zero attached hydrogens (tertiary/aromatic N) is 3. The lowest BCUT2D eigenvalue weighted by molar-refractivity contribution is 0.113. The Kier molecular flexibility index (Phi) is 5.01. The number of hydrogen-bond acceptors (Lipinski definition) is 4. The van der Waals surface area contributed by atoms with E-state index in [0.29, 0.717) is 12.4 Å². The van der Waals surface area contributed by atoms with Gasteiger partial charge in [0, 0.05) is 38.5 Å². The van der Waals surface area contributed by atoms with Crippen molar-refractivity contribution in [2.45, 2.75) is 44.7 Å². The van der Waals surface area contributed by atoms with Gasteiger partial charge in [-0.15, -0.1) is 0 Å². The van der Waals surface area contributed by atoms with E-state index in [1.165, 1.54) is 19.3 Å². The molecule has 2 rings (SSSR count). The minimum Gasteiger partial charge on any atom is -0.396 e. The first-order valence-electron chi connectivity index (χ1n) is 6.93. The van der Waals surface area contributed by atoms with Gasteiger partial charge in [0.1, 0.15) is 5.82 Å². The number of aromatic nitrogens is 2. The number of aliphatic hydroxyl groups is 1. The molecule has 18 heavy (non-hydrogen) atoms. The minimum absolute atomic E-state index is 0.291. The van der Waals surface area contributed by atoms with Crippen molar-refractivity contribution in [3.63, 3.8) is 0 Å². The van der Waals surface area contributed by atoms with Crippen LogP contribution in [-0.4, -0.2) is 45.5 Å². The van der Waals surface area contributed by atoms with Gasteiger partial charge in [-0.3, -0.25) is 4.68 Å². The highest BCUT2D eigenvalue weighted by Crippen LogP contribution is 2.25. The van der Waals surface area contributed by atoms with Crippen molar-refractivity contribution >= 4 is 5.82 Å². The van der Waals surface area contributed by atoms with E-state index in [4.69, 9.17) is 10.8 Å². The predicted molar refractivity (Wildman–Crippen MR) is 72.2 cm³/mol. The molecule has 1 aromatic rings. The fourth-order valence-corrected chi connectivity index (χ4v) is 2.44. The van der Waals surface area contributed by atoms with Gasteiger partial charge in [-0.05, 0) is 31.7 Å². The van der Waals surface area contributed by atoms with E-state index >= 15 is 0 Å². The number of hydrogen-bond donors (Lipinski definition) is 2. The van der Waals surface area contributed by atoms with Gasteiger partial charge in [0.05, 0.1) is 0 Å². The quantitative estimate of drug-likeness (QED) is 0.727. The number of rotatable bonds is 8. The molecule has 1 fully saturated rings. The van der Waals surface area contributed by atoms with Crippen molar-refractivity contribution in [1.82, 2.24) is 14.7 Å². The Bertz CT molecular complexity index is 349. The summed E-state index contributed by atoms with van der Waals surface area (Å²) in [4.78, 5) is 2.52. The van der Waals surface area contributed by atoms with Crippen LogP contribution in [0.3, 0.4) is 0 Å². The standard InChI is InChI=1S/C13H24N4O/c14-13-6-10-17(15-13)9-2-7-16(8-3-11-18)12-4-1-5-12/h6,10,12,18H,1-5,7-9,11H2,(H2,14,15). The summed E-state index contributed by atoms with van der Waals surface area (Å²) in [7, 11) is 0. The van der Waals surface area contributed by atoms with Crippen LogP contribution in [0.4, 0.5) is 5.82 Å². The van der Waals surface area contributed by atoms with E-state index < -0.39 is 0 Å². The lowest BCUT2D eigenvalue weighted by atomic mass is 9.91. The molecule has 1 aromatic heterocycles. The SMILES string of the molecule is Nc1ccn(CCCN(CCCO)C2CCC2)n1. The van der Waals surface area contributed by atoms with E-state index in [-0.39, 0.29) is 0 Å². The molecule has 0 saturated heterocycles. The van der Waals surface area contributed by atoms with Crippen LogP contribution in [0, 0.1) is 0 Å². The van der Waals surface area contributed by atoms with Crippen molar-refractivity contribution in [3.8, 4) is 0 Å². The topological polar surface area (TPSA) is 67.3 Å². The molecule has 0 atom stereocenters. The van der Waals surface area contributed by atoms with E-state index in [1.807, 2.05) is 16.9 Å². The molecule has 0 radical (unpaired) electrons. The summed E-state index contributed by atoms with van der Waals surface area (Å²) in [6, 6.07) is 2.58. The molecule has 1 aliphatic rings. The zero-order chi connectivity index (χ0) is 12.8. The molecule has 0 aliphatic heterocycles. The minimum atomic E-state index is 0.291. The highest BCUT2D eigenvalue weighted by atomic mass is 16.3. The van der Waals surface area contributed by atoms with Crippen LogP contribution in [0.5, 0.6) is 0 Å². The fraction of sp³-hybridized carbons (Fsp3) is 0.769. The van der Waals surface area contributed by atoms with Gasteiger partial charge in [0.25, 0.3) is 0 Å². The van der Waals surface area contributed by atoms with E-state index in [9.17, 15) is 0 Å². The third kappa shape index (κ3) is 3.71. The summed E-state index contributed by atoms with van der Waals surface area (Å²) in [5, 5.41) is 13.1. The summed E-state index contributed by atoms with van der Waals surface area (Å²) in [5.74, 6) is 0.589. The Hall–Kier alpha value is -1.07. The van der Waals surface area contributed by atoms with Crippen molar-refractivity contribution in [1.29, 1.82) is 0 Å². The van der Waals surface area contributed by atoms with Crippen molar-refractivity contribution in [2.24, 2.45) is 0 Å². The Balaban J connectivity index is 1.71. The molecule has 5 heteroatoms. The summed E-state index contributed by atoms with van der Waals surface area (Å²) in [6.45, 7) is 3.31. The number of nitrogen functional groups attached to an aromatic ring is 1. The lowest BCUT2D eigenvalue weighted by Crippen LogP contribution is -2.41. The Morgan fingerprint density at radius 1 is 1.39 bits per heavy atom. The number of anilines is 1.